The standard InChI is InChI=1S/C23H24ClN5O2S/c1-28(32-2)18-5-3-17(4-6-18)23(31)29-13-9-15(10-14-29)20-19(24)22(30)27-21(26-20)16-7-11-25-12-8-16/h3-8,11-12,15H,9-10,13-14H2,1-2H3,(H,26,27,30). The molecule has 1 aliphatic heterocycles. The second-order valence-electron chi connectivity index (χ2n) is 7.64. The van der Waals surface area contributed by atoms with Gasteiger partial charge in [-0.25, -0.2) is 4.98 Å². The number of hydrogen-bond donors (Lipinski definition) is 1. The number of H-pyrrole nitrogens is 1. The van der Waals surface area contributed by atoms with Gasteiger partial charge in [-0.1, -0.05) is 23.5 Å². The molecule has 32 heavy (non-hydrogen) atoms. The number of benzene rings is 1. The minimum absolute atomic E-state index is 0.0178. The molecule has 7 nitrogen and oxygen atoms in total. The average molecular weight is 470 g/mol. The van der Waals surface area contributed by atoms with Crippen molar-refractivity contribution in [3.05, 3.63) is 75.4 Å². The van der Waals surface area contributed by atoms with E-state index in [1.54, 1.807) is 36.5 Å². The summed E-state index contributed by atoms with van der Waals surface area (Å²) in [5.74, 6) is 0.516. The molecule has 1 saturated heterocycles. The monoisotopic (exact) mass is 469 g/mol. The fraction of sp³-hybridized carbons (Fsp3) is 0.304. The van der Waals surface area contributed by atoms with Crippen LogP contribution in [0, 0.1) is 0 Å². The Hall–Kier alpha value is -2.84. The molecule has 1 N–H and O–H groups in total. The summed E-state index contributed by atoms with van der Waals surface area (Å²) in [7, 11) is 1.99. The first kappa shape index (κ1) is 22.4. The van der Waals surface area contributed by atoms with Crippen LogP contribution in [0.15, 0.2) is 53.6 Å². The summed E-state index contributed by atoms with van der Waals surface area (Å²) in [5.41, 5.74) is 2.75. The van der Waals surface area contributed by atoms with Gasteiger partial charge in [-0.05, 0) is 49.2 Å². The molecule has 166 valence electrons. The molecule has 0 spiro atoms. The largest absolute Gasteiger partial charge is 0.339 e. The highest BCUT2D eigenvalue weighted by atomic mass is 35.5. The number of hydrogen-bond acceptors (Lipinski definition) is 6. The number of rotatable bonds is 5. The molecule has 1 amide bonds. The van der Waals surface area contributed by atoms with Gasteiger partial charge in [0.2, 0.25) is 0 Å². The van der Waals surface area contributed by atoms with Gasteiger partial charge in [0.05, 0.1) is 5.69 Å². The number of carbonyl (C=O) groups is 1. The normalized spacial score (nSPS) is 14.4. The first-order valence-corrected chi connectivity index (χ1v) is 11.9. The maximum Gasteiger partial charge on any atom is 0.270 e. The molecule has 3 heterocycles. The lowest BCUT2D eigenvalue weighted by Gasteiger charge is -2.32. The number of piperidine rings is 1. The number of aromatic nitrogens is 3. The highest BCUT2D eigenvalue weighted by Crippen LogP contribution is 2.31. The summed E-state index contributed by atoms with van der Waals surface area (Å²) in [4.78, 5) is 38.6. The number of halogens is 1. The molecule has 1 fully saturated rings. The maximum atomic E-state index is 13.0. The van der Waals surface area contributed by atoms with Gasteiger partial charge in [0.25, 0.3) is 11.5 Å². The van der Waals surface area contributed by atoms with Gasteiger partial charge in [-0.3, -0.25) is 14.6 Å². The van der Waals surface area contributed by atoms with Crippen molar-refractivity contribution in [2.45, 2.75) is 18.8 Å². The number of pyridine rings is 1. The van der Waals surface area contributed by atoms with Crippen LogP contribution in [-0.2, 0) is 0 Å². The van der Waals surface area contributed by atoms with E-state index in [9.17, 15) is 9.59 Å². The summed E-state index contributed by atoms with van der Waals surface area (Å²) in [6.07, 6.45) is 6.71. The molecule has 0 saturated carbocycles. The summed E-state index contributed by atoms with van der Waals surface area (Å²) >= 11 is 7.94. The molecular weight excluding hydrogens is 446 g/mol. The van der Waals surface area contributed by atoms with Gasteiger partial charge in [0, 0.05) is 61.5 Å². The summed E-state index contributed by atoms with van der Waals surface area (Å²) in [6, 6.07) is 11.2. The van der Waals surface area contributed by atoms with Gasteiger partial charge < -0.3 is 14.2 Å². The summed E-state index contributed by atoms with van der Waals surface area (Å²) < 4.78 is 2.04. The van der Waals surface area contributed by atoms with Crippen LogP contribution in [0.4, 0.5) is 5.69 Å². The van der Waals surface area contributed by atoms with E-state index in [1.807, 2.05) is 46.8 Å². The number of nitrogens with one attached hydrogen (secondary N) is 1. The van der Waals surface area contributed by atoms with Gasteiger partial charge in [-0.2, -0.15) is 0 Å². The zero-order valence-electron chi connectivity index (χ0n) is 17.9. The minimum Gasteiger partial charge on any atom is -0.339 e. The van der Waals surface area contributed by atoms with E-state index in [0.717, 1.165) is 11.3 Å². The van der Waals surface area contributed by atoms with E-state index in [2.05, 4.69) is 15.0 Å². The van der Waals surface area contributed by atoms with E-state index in [1.165, 1.54) is 0 Å². The molecule has 2 aromatic heterocycles. The van der Waals surface area contributed by atoms with E-state index in [4.69, 9.17) is 11.6 Å². The molecule has 1 aromatic carbocycles. The summed E-state index contributed by atoms with van der Waals surface area (Å²) in [5, 5.41) is 0.126. The van der Waals surface area contributed by atoms with E-state index in [-0.39, 0.29) is 22.4 Å². The first-order chi connectivity index (χ1) is 15.5. The quantitative estimate of drug-likeness (QED) is 0.563. The van der Waals surface area contributed by atoms with Crippen molar-refractivity contribution in [1.82, 2.24) is 19.9 Å². The van der Waals surface area contributed by atoms with Gasteiger partial charge >= 0.3 is 0 Å². The van der Waals surface area contributed by atoms with Crippen molar-refractivity contribution >= 4 is 35.1 Å². The zero-order chi connectivity index (χ0) is 22.7. The number of amides is 1. The molecule has 0 aliphatic carbocycles. The van der Waals surface area contributed by atoms with Crippen molar-refractivity contribution in [3.8, 4) is 11.4 Å². The molecule has 0 bridgehead atoms. The lowest BCUT2D eigenvalue weighted by atomic mass is 9.92. The number of likely N-dealkylation sites (tertiary alicyclic amines) is 1. The fourth-order valence-corrected chi connectivity index (χ4v) is 4.43. The number of aromatic amines is 1. The number of anilines is 1. The lowest BCUT2D eigenvalue weighted by molar-refractivity contribution is 0.0712. The van der Waals surface area contributed by atoms with Crippen LogP contribution in [0.1, 0.15) is 34.8 Å². The molecule has 9 heteroatoms. The predicted molar refractivity (Wildman–Crippen MR) is 129 cm³/mol. The Morgan fingerprint density at radius 3 is 2.44 bits per heavy atom. The van der Waals surface area contributed by atoms with E-state index in [0.29, 0.717) is 43.0 Å². The Kier molecular flexibility index (Phi) is 6.81. The van der Waals surface area contributed by atoms with Gasteiger partial charge in [0.15, 0.2) is 0 Å². The van der Waals surface area contributed by atoms with Crippen molar-refractivity contribution < 1.29 is 4.79 Å². The lowest BCUT2D eigenvalue weighted by Crippen LogP contribution is -2.38. The fourth-order valence-electron chi connectivity index (χ4n) is 3.85. The second kappa shape index (κ2) is 9.75. The van der Waals surface area contributed by atoms with Crippen LogP contribution < -0.4 is 9.86 Å². The zero-order valence-corrected chi connectivity index (χ0v) is 19.5. The number of nitrogens with zero attached hydrogens (tertiary/aromatic N) is 4. The summed E-state index contributed by atoms with van der Waals surface area (Å²) in [6.45, 7) is 1.18. The molecule has 1 aliphatic rings. The van der Waals surface area contributed by atoms with E-state index >= 15 is 0 Å². The van der Waals surface area contributed by atoms with Gasteiger partial charge in [-0.15, -0.1) is 0 Å². The minimum atomic E-state index is -0.350. The topological polar surface area (TPSA) is 82.2 Å². The van der Waals surface area contributed by atoms with Crippen LogP contribution in [0.2, 0.25) is 5.02 Å². The Morgan fingerprint density at radius 1 is 1.16 bits per heavy atom. The Morgan fingerprint density at radius 2 is 1.81 bits per heavy atom. The third-order valence-electron chi connectivity index (χ3n) is 5.76. The molecule has 0 atom stereocenters. The van der Waals surface area contributed by atoms with Gasteiger partial charge in [0.1, 0.15) is 10.8 Å². The maximum absolute atomic E-state index is 13.0. The Labute approximate surface area is 196 Å². The highest BCUT2D eigenvalue weighted by Gasteiger charge is 2.28. The molecular formula is C23H24ClN5O2S. The number of carbonyl (C=O) groups excluding carboxylic acids is 1. The van der Waals surface area contributed by atoms with Crippen molar-refractivity contribution in [3.63, 3.8) is 0 Å². The molecule has 0 radical (unpaired) electrons. The SMILES string of the molecule is CSN(C)c1ccc(C(=O)N2CCC(c3nc(-c4ccncc4)[nH]c(=O)c3Cl)CC2)cc1. The van der Waals surface area contributed by atoms with Crippen molar-refractivity contribution in [2.24, 2.45) is 0 Å². The molecule has 3 aromatic rings. The third-order valence-corrected chi connectivity index (χ3v) is 6.89. The Balaban J connectivity index is 1.47. The van der Waals surface area contributed by atoms with Crippen LogP contribution >= 0.6 is 23.5 Å². The van der Waals surface area contributed by atoms with Crippen LogP contribution in [0.5, 0.6) is 0 Å². The van der Waals surface area contributed by atoms with E-state index < -0.39 is 0 Å². The van der Waals surface area contributed by atoms with Crippen molar-refractivity contribution in [2.75, 3.05) is 30.7 Å². The van der Waals surface area contributed by atoms with Crippen molar-refractivity contribution in [1.29, 1.82) is 0 Å². The first-order valence-electron chi connectivity index (χ1n) is 10.3. The Bertz CT molecular complexity index is 1150. The molecule has 4 rings (SSSR count). The van der Waals surface area contributed by atoms with Crippen LogP contribution in [0.3, 0.4) is 0 Å². The average Bonchev–Trinajstić information content (AvgIpc) is 2.85. The predicted octanol–water partition coefficient (Wildman–Crippen LogP) is 4.22. The second-order valence-corrected chi connectivity index (χ2v) is 8.93. The molecule has 0 unspecified atom stereocenters. The highest BCUT2D eigenvalue weighted by molar-refractivity contribution is 7.99. The van der Waals surface area contributed by atoms with Crippen LogP contribution in [-0.4, -0.2) is 52.2 Å². The van der Waals surface area contributed by atoms with Crippen LogP contribution in [0.25, 0.3) is 11.4 Å². The third kappa shape index (κ3) is 4.66. The smallest absolute Gasteiger partial charge is 0.270 e.